The van der Waals surface area contributed by atoms with E-state index >= 15 is 0 Å². The summed E-state index contributed by atoms with van der Waals surface area (Å²) < 4.78 is 3.56. The maximum atomic E-state index is 3.78. The number of rotatable bonds is 2. The number of hydrogen-bond acceptors (Lipinski definition) is 2. The molecule has 4 heteroatoms. The Kier molecular flexibility index (Phi) is 3.94. The van der Waals surface area contributed by atoms with E-state index in [2.05, 4.69) is 23.1 Å². The molecule has 0 radical (unpaired) electrons. The number of imidazole rings is 2. The molecule has 0 aliphatic rings. The summed E-state index contributed by atoms with van der Waals surface area (Å²) in [5.74, 6) is 0. The number of hydrogen-bond donors (Lipinski definition) is 0. The fourth-order valence-electron chi connectivity index (χ4n) is 0.755. The second kappa shape index (κ2) is 5.53. The quantitative estimate of drug-likeness (QED) is 0.722. The molecule has 0 aliphatic carbocycles. The smallest absolute Gasteiger partial charge is 0.0986 e. The zero-order valence-corrected chi connectivity index (χ0v) is 7.82. The first-order valence-electron chi connectivity index (χ1n) is 4.07. The van der Waals surface area contributed by atoms with E-state index in [-0.39, 0.29) is 0 Å². The minimum Gasteiger partial charge on any atom is -0.314 e. The van der Waals surface area contributed by atoms with Crippen LogP contribution in [-0.2, 0) is 0 Å². The molecule has 4 nitrogen and oxygen atoms in total. The van der Waals surface area contributed by atoms with Crippen molar-refractivity contribution >= 4 is 12.4 Å². The van der Waals surface area contributed by atoms with Crippen LogP contribution in [0.1, 0.15) is 0 Å². The molecule has 0 amide bonds. The predicted molar refractivity (Wildman–Crippen MR) is 57.2 cm³/mol. The van der Waals surface area contributed by atoms with Gasteiger partial charge in [0.15, 0.2) is 0 Å². The number of aromatic nitrogens is 4. The van der Waals surface area contributed by atoms with Crippen LogP contribution in [0.3, 0.4) is 0 Å². The highest BCUT2D eigenvalue weighted by atomic mass is 15.0. The first-order chi connectivity index (χ1) is 6.86. The third-order valence-corrected chi connectivity index (χ3v) is 1.47. The summed E-state index contributed by atoms with van der Waals surface area (Å²) in [6.07, 6.45) is 13.8. The Morgan fingerprint density at radius 3 is 1.43 bits per heavy atom. The Morgan fingerprint density at radius 1 is 0.857 bits per heavy atom. The van der Waals surface area contributed by atoms with Crippen LogP contribution in [0.25, 0.3) is 12.4 Å². The second-order valence-corrected chi connectivity index (χ2v) is 2.38. The first kappa shape index (κ1) is 9.98. The zero-order chi connectivity index (χ0) is 10.2. The fourth-order valence-corrected chi connectivity index (χ4v) is 0.755. The van der Waals surface area contributed by atoms with E-state index in [9.17, 15) is 0 Å². The van der Waals surface area contributed by atoms with Gasteiger partial charge in [-0.15, -0.1) is 0 Å². The van der Waals surface area contributed by atoms with E-state index in [0.717, 1.165) is 0 Å². The average molecular weight is 188 g/mol. The Morgan fingerprint density at radius 2 is 1.29 bits per heavy atom. The zero-order valence-electron chi connectivity index (χ0n) is 7.82. The highest BCUT2D eigenvalue weighted by Gasteiger charge is 1.73. The van der Waals surface area contributed by atoms with Crippen LogP contribution in [0.15, 0.2) is 50.6 Å². The Bertz CT molecular complexity index is 320. The number of nitrogens with zero attached hydrogens (tertiary/aromatic N) is 4. The molecule has 0 aromatic carbocycles. The van der Waals surface area contributed by atoms with Crippen LogP contribution in [-0.4, -0.2) is 19.1 Å². The largest absolute Gasteiger partial charge is 0.314 e. The molecule has 0 bridgehead atoms. The van der Waals surface area contributed by atoms with Crippen molar-refractivity contribution < 1.29 is 0 Å². The van der Waals surface area contributed by atoms with Gasteiger partial charge in [-0.05, 0) is 0 Å². The average Bonchev–Trinajstić information content (AvgIpc) is 2.92. The van der Waals surface area contributed by atoms with Gasteiger partial charge in [0.1, 0.15) is 0 Å². The molecular weight excluding hydrogens is 176 g/mol. The van der Waals surface area contributed by atoms with Gasteiger partial charge in [-0.1, -0.05) is 13.2 Å². The Balaban J connectivity index is 0.000000140. The van der Waals surface area contributed by atoms with Crippen molar-refractivity contribution in [1.29, 1.82) is 0 Å². The highest BCUT2D eigenvalue weighted by molar-refractivity contribution is 5.14. The lowest BCUT2D eigenvalue weighted by atomic mass is 10.9. The van der Waals surface area contributed by atoms with Crippen molar-refractivity contribution in [2.24, 2.45) is 0 Å². The van der Waals surface area contributed by atoms with Crippen LogP contribution in [0, 0.1) is 0 Å². The summed E-state index contributed by atoms with van der Waals surface area (Å²) in [4.78, 5) is 7.57. The first-order valence-corrected chi connectivity index (χ1v) is 4.07. The van der Waals surface area contributed by atoms with E-state index in [1.54, 1.807) is 46.6 Å². The van der Waals surface area contributed by atoms with E-state index in [0.29, 0.717) is 0 Å². The molecule has 2 rings (SSSR count). The van der Waals surface area contributed by atoms with Gasteiger partial charge >= 0.3 is 0 Å². The van der Waals surface area contributed by atoms with Crippen LogP contribution >= 0.6 is 0 Å². The molecule has 0 atom stereocenters. The standard InChI is InChI=1S/2C5H6N2/c2*1-2-7-4-3-6-5-7/h2*2-5H,1H2. The molecular formula is C10H12N4. The Labute approximate surface area is 82.9 Å². The van der Waals surface area contributed by atoms with Crippen LogP contribution in [0.4, 0.5) is 0 Å². The van der Waals surface area contributed by atoms with E-state index in [1.807, 2.05) is 12.4 Å². The van der Waals surface area contributed by atoms with Crippen molar-refractivity contribution in [2.75, 3.05) is 0 Å². The molecule has 2 aromatic rings. The molecule has 0 saturated heterocycles. The third-order valence-electron chi connectivity index (χ3n) is 1.47. The molecule has 0 saturated carbocycles. The van der Waals surface area contributed by atoms with Gasteiger partial charge in [0.25, 0.3) is 0 Å². The van der Waals surface area contributed by atoms with E-state index in [4.69, 9.17) is 0 Å². The van der Waals surface area contributed by atoms with Gasteiger partial charge in [0.2, 0.25) is 0 Å². The lowest BCUT2D eigenvalue weighted by molar-refractivity contribution is 1.14. The third kappa shape index (κ3) is 3.10. The van der Waals surface area contributed by atoms with Crippen molar-refractivity contribution in [3.05, 3.63) is 50.6 Å². The van der Waals surface area contributed by atoms with Gasteiger partial charge in [-0.2, -0.15) is 0 Å². The van der Waals surface area contributed by atoms with Crippen molar-refractivity contribution in [2.45, 2.75) is 0 Å². The maximum Gasteiger partial charge on any atom is 0.0986 e. The summed E-state index contributed by atoms with van der Waals surface area (Å²) in [7, 11) is 0. The van der Waals surface area contributed by atoms with E-state index in [1.165, 1.54) is 0 Å². The summed E-state index contributed by atoms with van der Waals surface area (Å²) in [6, 6.07) is 0. The molecule has 14 heavy (non-hydrogen) atoms. The van der Waals surface area contributed by atoms with Gasteiger partial charge in [-0.25, -0.2) is 9.97 Å². The normalized spacial score (nSPS) is 8.57. The molecule has 2 heterocycles. The molecule has 2 aromatic heterocycles. The highest BCUT2D eigenvalue weighted by Crippen LogP contribution is 1.81. The van der Waals surface area contributed by atoms with Crippen LogP contribution in [0.2, 0.25) is 0 Å². The molecule has 0 N–H and O–H groups in total. The molecule has 0 spiro atoms. The fraction of sp³-hybridized carbons (Fsp3) is 0. The van der Waals surface area contributed by atoms with Gasteiger partial charge in [0, 0.05) is 37.2 Å². The van der Waals surface area contributed by atoms with Crippen molar-refractivity contribution in [1.82, 2.24) is 19.1 Å². The van der Waals surface area contributed by atoms with Crippen molar-refractivity contribution in [3.63, 3.8) is 0 Å². The van der Waals surface area contributed by atoms with Crippen LogP contribution < -0.4 is 0 Å². The maximum absolute atomic E-state index is 3.78. The summed E-state index contributed by atoms with van der Waals surface area (Å²) in [5, 5.41) is 0. The molecule has 0 fully saturated rings. The lowest BCUT2D eigenvalue weighted by Gasteiger charge is -1.80. The topological polar surface area (TPSA) is 35.6 Å². The van der Waals surface area contributed by atoms with Crippen molar-refractivity contribution in [3.8, 4) is 0 Å². The Hall–Kier alpha value is -2.10. The second-order valence-electron chi connectivity index (χ2n) is 2.38. The molecule has 0 aliphatic heterocycles. The molecule has 72 valence electrons. The monoisotopic (exact) mass is 188 g/mol. The lowest BCUT2D eigenvalue weighted by Crippen LogP contribution is -1.73. The van der Waals surface area contributed by atoms with Gasteiger partial charge < -0.3 is 9.13 Å². The minimum absolute atomic E-state index is 1.69. The predicted octanol–water partition coefficient (Wildman–Crippen LogP) is 1.97. The summed E-state index contributed by atoms with van der Waals surface area (Å²) in [5.41, 5.74) is 0. The summed E-state index contributed by atoms with van der Waals surface area (Å²) >= 11 is 0. The SMILES string of the molecule is C=Cn1ccnc1.C=Cn1ccnc1. The van der Waals surface area contributed by atoms with Gasteiger partial charge in [0.05, 0.1) is 12.7 Å². The van der Waals surface area contributed by atoms with E-state index < -0.39 is 0 Å². The van der Waals surface area contributed by atoms with Gasteiger partial charge in [-0.3, -0.25) is 0 Å². The minimum atomic E-state index is 1.69. The van der Waals surface area contributed by atoms with Crippen LogP contribution in [0.5, 0.6) is 0 Å². The molecule has 0 unspecified atom stereocenters. The summed E-state index contributed by atoms with van der Waals surface area (Å²) in [6.45, 7) is 7.05.